The van der Waals surface area contributed by atoms with E-state index >= 15 is 0 Å². The molecule has 0 aliphatic heterocycles. The molecular weight excluding hydrogens is 250 g/mol. The van der Waals surface area contributed by atoms with Crippen LogP contribution in [0.5, 0.6) is 5.75 Å². The van der Waals surface area contributed by atoms with Gasteiger partial charge in [-0.3, -0.25) is 4.68 Å². The van der Waals surface area contributed by atoms with Gasteiger partial charge in [-0.25, -0.2) is 0 Å². The van der Waals surface area contributed by atoms with Crippen molar-refractivity contribution >= 4 is 5.82 Å². The Balaban J connectivity index is 2.12. The van der Waals surface area contributed by atoms with Crippen LogP contribution in [0.4, 0.5) is 5.82 Å². The van der Waals surface area contributed by atoms with E-state index in [4.69, 9.17) is 10.5 Å². The van der Waals surface area contributed by atoms with Crippen molar-refractivity contribution in [3.8, 4) is 5.75 Å². The topological polar surface area (TPSA) is 53.1 Å². The van der Waals surface area contributed by atoms with Crippen molar-refractivity contribution in [1.82, 2.24) is 9.78 Å². The number of rotatable bonds is 5. The molecular formula is C16H23N3O. The Morgan fingerprint density at radius 1 is 1.20 bits per heavy atom. The molecule has 0 radical (unpaired) electrons. The van der Waals surface area contributed by atoms with Crippen LogP contribution in [0.3, 0.4) is 0 Å². The van der Waals surface area contributed by atoms with Gasteiger partial charge in [0.2, 0.25) is 0 Å². The summed E-state index contributed by atoms with van der Waals surface area (Å²) in [5.74, 6) is 2.07. The molecule has 0 aliphatic carbocycles. The quantitative estimate of drug-likeness (QED) is 0.911. The van der Waals surface area contributed by atoms with E-state index in [2.05, 4.69) is 31.1 Å². The third-order valence-electron chi connectivity index (χ3n) is 3.59. The van der Waals surface area contributed by atoms with Gasteiger partial charge in [-0.05, 0) is 36.5 Å². The highest BCUT2D eigenvalue weighted by molar-refractivity contribution is 5.45. The molecule has 0 fully saturated rings. The van der Waals surface area contributed by atoms with Gasteiger partial charge in [0.15, 0.2) is 0 Å². The summed E-state index contributed by atoms with van der Waals surface area (Å²) in [4.78, 5) is 0. The van der Waals surface area contributed by atoms with Crippen LogP contribution in [-0.4, -0.2) is 16.9 Å². The van der Waals surface area contributed by atoms with E-state index in [1.54, 1.807) is 11.8 Å². The molecule has 4 heteroatoms. The molecule has 108 valence electrons. The fraction of sp³-hybridized carbons (Fsp3) is 0.438. The first-order valence-corrected chi connectivity index (χ1v) is 6.97. The number of nitrogens with zero attached hydrogens (tertiary/aromatic N) is 2. The lowest BCUT2D eigenvalue weighted by Gasteiger charge is -2.07. The van der Waals surface area contributed by atoms with Crippen LogP contribution in [0, 0.1) is 0 Å². The predicted molar refractivity (Wildman–Crippen MR) is 82.1 cm³/mol. The third kappa shape index (κ3) is 2.95. The first-order chi connectivity index (χ1) is 9.52. The number of nitrogen functional groups attached to an aromatic ring is 1. The highest BCUT2D eigenvalue weighted by Gasteiger charge is 2.16. The van der Waals surface area contributed by atoms with E-state index in [0.29, 0.717) is 5.92 Å². The Morgan fingerprint density at radius 3 is 2.40 bits per heavy atom. The summed E-state index contributed by atoms with van der Waals surface area (Å²) in [6.07, 6.45) is 1.87. The van der Waals surface area contributed by atoms with Gasteiger partial charge in [0.05, 0.1) is 12.8 Å². The number of benzene rings is 1. The second-order valence-electron chi connectivity index (χ2n) is 5.37. The average molecular weight is 273 g/mol. The van der Waals surface area contributed by atoms with Crippen LogP contribution < -0.4 is 10.5 Å². The molecule has 0 aliphatic rings. The lowest BCUT2D eigenvalue weighted by atomic mass is 9.99. The van der Waals surface area contributed by atoms with Crippen LogP contribution in [0.15, 0.2) is 24.3 Å². The van der Waals surface area contributed by atoms with Crippen LogP contribution in [0.2, 0.25) is 0 Å². The smallest absolute Gasteiger partial charge is 0.125 e. The molecule has 2 rings (SSSR count). The van der Waals surface area contributed by atoms with Crippen molar-refractivity contribution in [2.75, 3.05) is 12.8 Å². The van der Waals surface area contributed by atoms with E-state index in [-0.39, 0.29) is 0 Å². The largest absolute Gasteiger partial charge is 0.497 e. The van der Waals surface area contributed by atoms with Gasteiger partial charge in [-0.15, -0.1) is 0 Å². The zero-order chi connectivity index (χ0) is 14.7. The Bertz CT molecular complexity index is 570. The van der Waals surface area contributed by atoms with Crippen molar-refractivity contribution in [2.45, 2.75) is 32.6 Å². The number of hydrogen-bond donors (Lipinski definition) is 1. The molecule has 0 unspecified atom stereocenters. The molecule has 0 saturated heterocycles. The molecule has 20 heavy (non-hydrogen) atoms. The average Bonchev–Trinajstić information content (AvgIpc) is 2.72. The maximum atomic E-state index is 6.10. The van der Waals surface area contributed by atoms with Gasteiger partial charge in [0.25, 0.3) is 0 Å². The van der Waals surface area contributed by atoms with Crippen molar-refractivity contribution in [3.05, 3.63) is 41.1 Å². The standard InChI is InChI=1S/C16H23N3O/c1-11(2)15-14(18-19(3)16(15)17)10-7-12-5-8-13(20-4)9-6-12/h5-6,8-9,11H,7,10,17H2,1-4H3. The Labute approximate surface area is 120 Å². The minimum atomic E-state index is 0.398. The Hall–Kier alpha value is -1.97. The van der Waals surface area contributed by atoms with Gasteiger partial charge in [-0.2, -0.15) is 5.10 Å². The monoisotopic (exact) mass is 273 g/mol. The van der Waals surface area contributed by atoms with E-state index in [0.717, 1.165) is 30.1 Å². The van der Waals surface area contributed by atoms with E-state index in [1.165, 1.54) is 11.1 Å². The molecule has 0 spiro atoms. The highest BCUT2D eigenvalue weighted by atomic mass is 16.5. The SMILES string of the molecule is COc1ccc(CCc2nn(C)c(N)c2C(C)C)cc1. The summed E-state index contributed by atoms with van der Waals surface area (Å²) in [6, 6.07) is 8.18. The van der Waals surface area contributed by atoms with Gasteiger partial charge in [0, 0.05) is 12.6 Å². The molecule has 0 bridgehead atoms. The molecule has 0 amide bonds. The van der Waals surface area contributed by atoms with E-state index in [1.807, 2.05) is 19.2 Å². The second-order valence-corrected chi connectivity index (χ2v) is 5.37. The minimum absolute atomic E-state index is 0.398. The molecule has 2 aromatic rings. The van der Waals surface area contributed by atoms with Crippen LogP contribution in [0.25, 0.3) is 0 Å². The fourth-order valence-electron chi connectivity index (χ4n) is 2.48. The zero-order valence-electron chi connectivity index (χ0n) is 12.7. The number of nitrogens with two attached hydrogens (primary N) is 1. The molecule has 2 N–H and O–H groups in total. The van der Waals surface area contributed by atoms with Crippen molar-refractivity contribution in [2.24, 2.45) is 7.05 Å². The van der Waals surface area contributed by atoms with Crippen LogP contribution >= 0.6 is 0 Å². The number of methoxy groups -OCH3 is 1. The molecule has 1 heterocycles. The van der Waals surface area contributed by atoms with Gasteiger partial charge < -0.3 is 10.5 Å². The molecule has 0 saturated carbocycles. The second kappa shape index (κ2) is 5.99. The number of hydrogen-bond acceptors (Lipinski definition) is 3. The van der Waals surface area contributed by atoms with E-state index in [9.17, 15) is 0 Å². The van der Waals surface area contributed by atoms with Gasteiger partial charge in [-0.1, -0.05) is 26.0 Å². The van der Waals surface area contributed by atoms with Crippen molar-refractivity contribution in [1.29, 1.82) is 0 Å². The molecule has 1 aromatic carbocycles. The molecule has 4 nitrogen and oxygen atoms in total. The Kier molecular flexibility index (Phi) is 4.32. The maximum Gasteiger partial charge on any atom is 0.125 e. The number of aryl methyl sites for hydroxylation is 3. The summed E-state index contributed by atoms with van der Waals surface area (Å²) < 4.78 is 6.95. The zero-order valence-corrected chi connectivity index (χ0v) is 12.7. The fourth-order valence-corrected chi connectivity index (χ4v) is 2.48. The Morgan fingerprint density at radius 2 is 1.85 bits per heavy atom. The summed E-state index contributed by atoms with van der Waals surface area (Å²) >= 11 is 0. The molecule has 0 atom stereocenters. The summed E-state index contributed by atoms with van der Waals surface area (Å²) in [5.41, 5.74) is 9.67. The number of aromatic nitrogens is 2. The van der Waals surface area contributed by atoms with Crippen LogP contribution in [-0.2, 0) is 19.9 Å². The summed E-state index contributed by atoms with van der Waals surface area (Å²) in [7, 11) is 3.58. The van der Waals surface area contributed by atoms with Gasteiger partial charge >= 0.3 is 0 Å². The summed E-state index contributed by atoms with van der Waals surface area (Å²) in [5, 5.41) is 4.55. The first-order valence-electron chi connectivity index (χ1n) is 6.97. The first kappa shape index (κ1) is 14.4. The van der Waals surface area contributed by atoms with Crippen LogP contribution in [0.1, 0.15) is 36.6 Å². The molecule has 1 aromatic heterocycles. The lowest BCUT2D eigenvalue weighted by molar-refractivity contribution is 0.414. The van der Waals surface area contributed by atoms with E-state index < -0.39 is 0 Å². The number of anilines is 1. The van der Waals surface area contributed by atoms with Crippen molar-refractivity contribution in [3.63, 3.8) is 0 Å². The predicted octanol–water partition coefficient (Wildman–Crippen LogP) is 2.92. The highest BCUT2D eigenvalue weighted by Crippen LogP contribution is 2.26. The number of ether oxygens (including phenoxy) is 1. The van der Waals surface area contributed by atoms with Crippen molar-refractivity contribution < 1.29 is 4.74 Å². The normalized spacial score (nSPS) is 11.1. The minimum Gasteiger partial charge on any atom is -0.497 e. The van der Waals surface area contributed by atoms with Gasteiger partial charge in [0.1, 0.15) is 11.6 Å². The maximum absolute atomic E-state index is 6.10. The summed E-state index contributed by atoms with van der Waals surface area (Å²) in [6.45, 7) is 4.31. The third-order valence-corrected chi connectivity index (χ3v) is 3.59. The lowest BCUT2D eigenvalue weighted by Crippen LogP contribution is -2.00.